The van der Waals surface area contributed by atoms with Gasteiger partial charge in [-0.05, 0) is 42.9 Å². The van der Waals surface area contributed by atoms with E-state index in [9.17, 15) is 9.59 Å². The lowest BCUT2D eigenvalue weighted by Crippen LogP contribution is -2.18. The van der Waals surface area contributed by atoms with E-state index >= 15 is 0 Å². The highest BCUT2D eigenvalue weighted by Crippen LogP contribution is 2.24. The molecule has 0 aromatic heterocycles. The number of carbonyl (C=O) groups is 2. The minimum Gasteiger partial charge on any atom is -0.481 e. The van der Waals surface area contributed by atoms with Crippen LogP contribution in [0, 0.1) is 0 Å². The summed E-state index contributed by atoms with van der Waals surface area (Å²) in [5.41, 5.74) is 3.17. The number of carboxylic acids is 1. The van der Waals surface area contributed by atoms with E-state index in [-0.39, 0.29) is 12.2 Å². The Morgan fingerprint density at radius 1 is 1.22 bits per heavy atom. The third-order valence-corrected chi connectivity index (χ3v) is 4.01. The number of benzene rings is 1. The average Bonchev–Trinajstić information content (AvgIpc) is 2.36. The summed E-state index contributed by atoms with van der Waals surface area (Å²) in [6.07, 6.45) is 4.28. The second-order valence-corrected chi connectivity index (χ2v) is 5.73. The van der Waals surface area contributed by atoms with Crippen molar-refractivity contribution in [1.82, 2.24) is 0 Å². The van der Waals surface area contributed by atoms with Crippen LogP contribution in [0.3, 0.4) is 0 Å². The van der Waals surface area contributed by atoms with E-state index in [4.69, 9.17) is 5.11 Å². The predicted molar refractivity (Wildman–Crippen MR) is 72.4 cm³/mol. The number of carbonyl (C=O) groups excluding carboxylic acids is 1. The molecule has 1 N–H and O–H groups in total. The van der Waals surface area contributed by atoms with E-state index < -0.39 is 10.8 Å². The summed E-state index contributed by atoms with van der Waals surface area (Å²) in [6.45, 7) is 0. The molecule has 18 heavy (non-hydrogen) atoms. The van der Waals surface area contributed by atoms with Gasteiger partial charge in [0.2, 0.25) is 0 Å². The molecule has 0 bridgehead atoms. The summed E-state index contributed by atoms with van der Waals surface area (Å²) in [6, 6.07) is 5.73. The van der Waals surface area contributed by atoms with Crippen LogP contribution in [0.5, 0.6) is 0 Å². The maximum Gasteiger partial charge on any atom is 0.304 e. The maximum absolute atomic E-state index is 12.1. The molecule has 0 heterocycles. The quantitative estimate of drug-likeness (QED) is 0.687. The molecule has 1 unspecified atom stereocenters. The summed E-state index contributed by atoms with van der Waals surface area (Å²) >= 11 is 3.15. The molecular formula is C14H15BrO3. The van der Waals surface area contributed by atoms with Gasteiger partial charge in [0.25, 0.3) is 0 Å². The van der Waals surface area contributed by atoms with Gasteiger partial charge in [0.15, 0.2) is 5.78 Å². The second-order valence-electron chi connectivity index (χ2n) is 4.62. The first-order valence-electron chi connectivity index (χ1n) is 6.10. The molecule has 4 heteroatoms. The third kappa shape index (κ3) is 2.99. The summed E-state index contributed by atoms with van der Waals surface area (Å²) in [7, 11) is 0. The Bertz CT molecular complexity index is 482. The van der Waals surface area contributed by atoms with Gasteiger partial charge in [0.1, 0.15) is 0 Å². The standard InChI is InChI=1S/C14H15BrO3/c15-12(8-13(16)17)14(18)11-6-5-9-3-1-2-4-10(9)7-11/h5-7,12H,1-4,8H2,(H,16,17). The molecule has 3 nitrogen and oxygen atoms in total. The first kappa shape index (κ1) is 13.3. The van der Waals surface area contributed by atoms with E-state index in [1.807, 2.05) is 18.2 Å². The fourth-order valence-corrected chi connectivity index (χ4v) is 2.85. The smallest absolute Gasteiger partial charge is 0.304 e. The molecule has 0 fully saturated rings. The van der Waals surface area contributed by atoms with Gasteiger partial charge in [-0.2, -0.15) is 0 Å². The van der Waals surface area contributed by atoms with Gasteiger partial charge in [0.05, 0.1) is 11.2 Å². The SMILES string of the molecule is O=C(O)CC(Br)C(=O)c1ccc2c(c1)CCCC2. The van der Waals surface area contributed by atoms with Gasteiger partial charge in [0, 0.05) is 5.56 Å². The van der Waals surface area contributed by atoms with Crippen molar-refractivity contribution < 1.29 is 14.7 Å². The first-order chi connectivity index (χ1) is 8.58. The Kier molecular flexibility index (Phi) is 4.17. The number of alkyl halides is 1. The van der Waals surface area contributed by atoms with Crippen molar-refractivity contribution in [2.24, 2.45) is 0 Å². The van der Waals surface area contributed by atoms with Crippen LogP contribution in [0.2, 0.25) is 0 Å². The summed E-state index contributed by atoms with van der Waals surface area (Å²) < 4.78 is 0. The lowest BCUT2D eigenvalue weighted by molar-refractivity contribution is -0.136. The van der Waals surface area contributed by atoms with Crippen LogP contribution >= 0.6 is 15.9 Å². The van der Waals surface area contributed by atoms with Gasteiger partial charge in [-0.15, -0.1) is 0 Å². The van der Waals surface area contributed by atoms with Crippen LogP contribution in [0.25, 0.3) is 0 Å². The fourth-order valence-electron chi connectivity index (χ4n) is 2.31. The van der Waals surface area contributed by atoms with Gasteiger partial charge in [-0.25, -0.2) is 0 Å². The molecule has 1 aliphatic rings. The molecule has 0 amide bonds. The normalized spacial score (nSPS) is 15.8. The Balaban J connectivity index is 2.18. The number of hydrogen-bond donors (Lipinski definition) is 1. The zero-order valence-corrected chi connectivity index (χ0v) is 11.6. The van der Waals surface area contributed by atoms with E-state index in [1.165, 1.54) is 17.5 Å². The van der Waals surface area contributed by atoms with E-state index in [1.54, 1.807) is 0 Å². The van der Waals surface area contributed by atoms with Crippen molar-refractivity contribution in [1.29, 1.82) is 0 Å². The Labute approximate surface area is 114 Å². The summed E-state index contributed by atoms with van der Waals surface area (Å²) in [4.78, 5) is 22.0. The van der Waals surface area contributed by atoms with Crippen LogP contribution < -0.4 is 0 Å². The highest BCUT2D eigenvalue weighted by atomic mass is 79.9. The number of carboxylic acid groups (broad SMARTS) is 1. The second kappa shape index (κ2) is 5.65. The van der Waals surface area contributed by atoms with Crippen molar-refractivity contribution in [3.8, 4) is 0 Å². The van der Waals surface area contributed by atoms with Crippen LogP contribution in [0.15, 0.2) is 18.2 Å². The molecular weight excluding hydrogens is 296 g/mol. The minimum absolute atomic E-state index is 0.147. The van der Waals surface area contributed by atoms with Crippen molar-refractivity contribution in [3.05, 3.63) is 34.9 Å². The lowest BCUT2D eigenvalue weighted by Gasteiger charge is -2.16. The highest BCUT2D eigenvalue weighted by Gasteiger charge is 2.21. The number of aryl methyl sites for hydroxylation is 2. The number of ketones is 1. The summed E-state index contributed by atoms with van der Waals surface area (Å²) in [5.74, 6) is -1.12. The number of Topliss-reactive ketones (excluding diaryl/α,β-unsaturated/α-hetero) is 1. The molecule has 0 saturated heterocycles. The van der Waals surface area contributed by atoms with Crippen LogP contribution in [-0.4, -0.2) is 21.7 Å². The van der Waals surface area contributed by atoms with Gasteiger partial charge >= 0.3 is 5.97 Å². The molecule has 0 aliphatic heterocycles. The monoisotopic (exact) mass is 310 g/mol. The van der Waals surface area contributed by atoms with Crippen LogP contribution in [0.1, 0.15) is 40.7 Å². The van der Waals surface area contributed by atoms with Crippen molar-refractivity contribution >= 4 is 27.7 Å². The molecule has 0 radical (unpaired) electrons. The Morgan fingerprint density at radius 2 is 1.89 bits per heavy atom. The van der Waals surface area contributed by atoms with E-state index in [2.05, 4.69) is 15.9 Å². The Morgan fingerprint density at radius 3 is 2.56 bits per heavy atom. The number of hydrogen-bond acceptors (Lipinski definition) is 2. The van der Waals surface area contributed by atoms with Crippen molar-refractivity contribution in [3.63, 3.8) is 0 Å². The van der Waals surface area contributed by atoms with Crippen LogP contribution in [-0.2, 0) is 17.6 Å². The van der Waals surface area contributed by atoms with Crippen LogP contribution in [0.4, 0.5) is 0 Å². The molecule has 1 aliphatic carbocycles. The zero-order valence-electron chi connectivity index (χ0n) is 9.99. The van der Waals surface area contributed by atoms with Gasteiger partial charge in [-0.1, -0.05) is 28.1 Å². The lowest BCUT2D eigenvalue weighted by atomic mass is 9.89. The molecule has 1 aromatic rings. The first-order valence-corrected chi connectivity index (χ1v) is 7.01. The van der Waals surface area contributed by atoms with Crippen molar-refractivity contribution in [2.75, 3.05) is 0 Å². The minimum atomic E-state index is -0.969. The molecule has 2 rings (SSSR count). The molecule has 1 atom stereocenters. The van der Waals surface area contributed by atoms with E-state index in [0.717, 1.165) is 19.3 Å². The average molecular weight is 311 g/mol. The number of halogens is 1. The third-order valence-electron chi connectivity index (χ3n) is 3.27. The summed E-state index contributed by atoms with van der Waals surface area (Å²) in [5, 5.41) is 8.69. The topological polar surface area (TPSA) is 54.4 Å². The number of aliphatic carboxylic acids is 1. The number of fused-ring (bicyclic) bond motifs is 1. The molecule has 96 valence electrons. The van der Waals surface area contributed by atoms with E-state index in [0.29, 0.717) is 5.56 Å². The predicted octanol–water partition coefficient (Wildman–Crippen LogP) is 2.99. The van der Waals surface area contributed by atoms with Crippen molar-refractivity contribution in [2.45, 2.75) is 36.9 Å². The number of rotatable bonds is 4. The highest BCUT2D eigenvalue weighted by molar-refractivity contribution is 9.10. The zero-order chi connectivity index (χ0) is 13.1. The van der Waals surface area contributed by atoms with Gasteiger partial charge in [-0.3, -0.25) is 9.59 Å². The molecule has 1 aromatic carbocycles. The fraction of sp³-hybridized carbons (Fsp3) is 0.429. The molecule has 0 saturated carbocycles. The molecule has 0 spiro atoms. The van der Waals surface area contributed by atoms with Gasteiger partial charge < -0.3 is 5.11 Å². The Hall–Kier alpha value is -1.16. The maximum atomic E-state index is 12.1. The largest absolute Gasteiger partial charge is 0.481 e.